The molecule has 0 fully saturated rings. The van der Waals surface area contributed by atoms with Crippen molar-refractivity contribution in [2.75, 3.05) is 0 Å². The van der Waals surface area contributed by atoms with Crippen LogP contribution in [0.4, 0.5) is 0 Å². The van der Waals surface area contributed by atoms with Crippen molar-refractivity contribution in [2.24, 2.45) is 11.3 Å². The molecule has 0 N–H and O–H groups in total. The molecule has 1 atom stereocenters. The molecule has 0 unspecified atom stereocenters. The Morgan fingerprint density at radius 2 is 1.94 bits per heavy atom. The highest BCUT2D eigenvalue weighted by Gasteiger charge is 2.39. The van der Waals surface area contributed by atoms with Crippen LogP contribution in [0.2, 0.25) is 0 Å². The van der Waals surface area contributed by atoms with E-state index in [0.717, 1.165) is 18.4 Å². The van der Waals surface area contributed by atoms with Crippen LogP contribution in [0.25, 0.3) is 0 Å². The standard InChI is InChI=1S/C15H24O/c1-7-10(2)14(16)13-12(4)11(3)8-9-15(13,5)6/h7,13H,8-9H2,1-6H3/b10-7+/t13-/m0/s1. The maximum Gasteiger partial charge on any atom is 0.165 e. The van der Waals surface area contributed by atoms with E-state index in [1.807, 2.05) is 19.9 Å². The second kappa shape index (κ2) is 4.57. The Balaban J connectivity index is 3.16. The van der Waals surface area contributed by atoms with Gasteiger partial charge in [-0.2, -0.15) is 0 Å². The summed E-state index contributed by atoms with van der Waals surface area (Å²) in [6, 6.07) is 0. The van der Waals surface area contributed by atoms with Crippen molar-refractivity contribution in [3.8, 4) is 0 Å². The summed E-state index contributed by atoms with van der Waals surface area (Å²) in [5, 5.41) is 0. The Morgan fingerprint density at radius 3 is 2.44 bits per heavy atom. The number of hydrogen-bond acceptors (Lipinski definition) is 1. The highest BCUT2D eigenvalue weighted by atomic mass is 16.1. The van der Waals surface area contributed by atoms with Gasteiger partial charge in [0, 0.05) is 5.92 Å². The lowest BCUT2D eigenvalue weighted by Crippen LogP contribution is -2.35. The zero-order valence-corrected chi connectivity index (χ0v) is 11.5. The number of rotatable bonds is 2. The van der Waals surface area contributed by atoms with E-state index in [9.17, 15) is 4.79 Å². The van der Waals surface area contributed by atoms with Crippen molar-refractivity contribution >= 4 is 5.78 Å². The molecule has 1 heteroatoms. The topological polar surface area (TPSA) is 17.1 Å². The van der Waals surface area contributed by atoms with E-state index >= 15 is 0 Å². The Kier molecular flexibility index (Phi) is 3.77. The number of carbonyl (C=O) groups is 1. The highest BCUT2D eigenvalue weighted by Crippen LogP contribution is 2.44. The minimum Gasteiger partial charge on any atom is -0.294 e. The van der Waals surface area contributed by atoms with Crippen LogP contribution in [0.1, 0.15) is 54.4 Å². The molecule has 1 rings (SSSR count). The summed E-state index contributed by atoms with van der Waals surface area (Å²) in [6.45, 7) is 12.6. The van der Waals surface area contributed by atoms with Crippen LogP contribution in [0.5, 0.6) is 0 Å². The van der Waals surface area contributed by atoms with Gasteiger partial charge in [0.1, 0.15) is 0 Å². The van der Waals surface area contributed by atoms with Crippen molar-refractivity contribution in [1.82, 2.24) is 0 Å². The maximum absolute atomic E-state index is 12.4. The van der Waals surface area contributed by atoms with Crippen LogP contribution in [0.15, 0.2) is 22.8 Å². The van der Waals surface area contributed by atoms with Crippen LogP contribution in [-0.4, -0.2) is 5.78 Å². The zero-order valence-electron chi connectivity index (χ0n) is 11.5. The SMILES string of the molecule is C/C=C(\C)C(=O)[C@@H]1C(C)=C(C)CCC1(C)C. The molecule has 90 valence electrons. The van der Waals surface area contributed by atoms with Gasteiger partial charge < -0.3 is 0 Å². The molecule has 0 aromatic heterocycles. The van der Waals surface area contributed by atoms with Gasteiger partial charge in [-0.05, 0) is 51.5 Å². The third-order valence-electron chi connectivity index (χ3n) is 4.12. The molecule has 1 aliphatic carbocycles. The summed E-state index contributed by atoms with van der Waals surface area (Å²) >= 11 is 0. The molecule has 16 heavy (non-hydrogen) atoms. The fourth-order valence-corrected chi connectivity index (χ4v) is 2.61. The van der Waals surface area contributed by atoms with Gasteiger partial charge in [-0.3, -0.25) is 4.79 Å². The summed E-state index contributed by atoms with van der Waals surface area (Å²) in [5.74, 6) is 0.390. The molecule has 0 radical (unpaired) electrons. The smallest absolute Gasteiger partial charge is 0.165 e. The van der Waals surface area contributed by atoms with E-state index < -0.39 is 0 Å². The van der Waals surface area contributed by atoms with Gasteiger partial charge in [-0.25, -0.2) is 0 Å². The van der Waals surface area contributed by atoms with Crippen molar-refractivity contribution in [3.05, 3.63) is 22.8 Å². The largest absolute Gasteiger partial charge is 0.294 e. The lowest BCUT2D eigenvalue weighted by Gasteiger charge is -2.39. The molecule has 0 spiro atoms. The fourth-order valence-electron chi connectivity index (χ4n) is 2.61. The van der Waals surface area contributed by atoms with Crippen LogP contribution in [0, 0.1) is 11.3 Å². The van der Waals surface area contributed by atoms with Crippen LogP contribution < -0.4 is 0 Å². The van der Waals surface area contributed by atoms with Gasteiger partial charge in [0.05, 0.1) is 0 Å². The van der Waals surface area contributed by atoms with E-state index in [1.165, 1.54) is 11.1 Å². The third-order valence-corrected chi connectivity index (χ3v) is 4.12. The van der Waals surface area contributed by atoms with Gasteiger partial charge in [0.15, 0.2) is 5.78 Å². The summed E-state index contributed by atoms with van der Waals surface area (Å²) < 4.78 is 0. The van der Waals surface area contributed by atoms with Gasteiger partial charge in [0.25, 0.3) is 0 Å². The monoisotopic (exact) mass is 220 g/mol. The van der Waals surface area contributed by atoms with Crippen molar-refractivity contribution in [1.29, 1.82) is 0 Å². The van der Waals surface area contributed by atoms with E-state index in [0.29, 0.717) is 5.78 Å². The van der Waals surface area contributed by atoms with E-state index in [2.05, 4.69) is 27.7 Å². The summed E-state index contributed by atoms with van der Waals surface area (Å²) in [5.41, 5.74) is 3.70. The first-order valence-corrected chi connectivity index (χ1v) is 6.14. The molecule has 0 saturated carbocycles. The average Bonchev–Trinajstić information content (AvgIpc) is 2.22. The zero-order chi connectivity index (χ0) is 12.5. The Labute approximate surface area is 99.6 Å². The van der Waals surface area contributed by atoms with Crippen molar-refractivity contribution < 1.29 is 4.79 Å². The molecular weight excluding hydrogens is 196 g/mol. The summed E-state index contributed by atoms with van der Waals surface area (Å²) in [6.07, 6.45) is 4.18. The molecule has 1 aliphatic rings. The van der Waals surface area contributed by atoms with Crippen molar-refractivity contribution in [3.63, 3.8) is 0 Å². The molecule has 0 saturated heterocycles. The summed E-state index contributed by atoms with van der Waals surface area (Å²) in [4.78, 5) is 12.4. The van der Waals surface area contributed by atoms with E-state index in [1.54, 1.807) is 0 Å². The highest BCUT2D eigenvalue weighted by molar-refractivity contribution is 5.99. The lowest BCUT2D eigenvalue weighted by atomic mass is 9.64. The lowest BCUT2D eigenvalue weighted by molar-refractivity contribution is -0.121. The number of allylic oxidation sites excluding steroid dienone is 4. The van der Waals surface area contributed by atoms with E-state index in [-0.39, 0.29) is 11.3 Å². The molecule has 0 aromatic rings. The van der Waals surface area contributed by atoms with Crippen LogP contribution in [-0.2, 0) is 4.79 Å². The Bertz CT molecular complexity index is 356. The fraction of sp³-hybridized carbons (Fsp3) is 0.667. The molecule has 0 heterocycles. The third kappa shape index (κ3) is 2.28. The van der Waals surface area contributed by atoms with Crippen LogP contribution in [0.3, 0.4) is 0 Å². The molecule has 0 aromatic carbocycles. The Hall–Kier alpha value is -0.850. The first kappa shape index (κ1) is 13.2. The van der Waals surface area contributed by atoms with Crippen molar-refractivity contribution in [2.45, 2.75) is 54.4 Å². The number of carbonyl (C=O) groups excluding carboxylic acids is 1. The minimum absolute atomic E-state index is 0.0810. The first-order valence-electron chi connectivity index (χ1n) is 6.14. The summed E-state index contributed by atoms with van der Waals surface area (Å²) in [7, 11) is 0. The average molecular weight is 220 g/mol. The quantitative estimate of drug-likeness (QED) is 0.501. The maximum atomic E-state index is 12.4. The molecular formula is C15H24O. The second-order valence-electron chi connectivity index (χ2n) is 5.72. The second-order valence-corrected chi connectivity index (χ2v) is 5.72. The predicted molar refractivity (Wildman–Crippen MR) is 69.3 cm³/mol. The molecule has 0 bridgehead atoms. The molecule has 0 amide bonds. The normalized spacial score (nSPS) is 25.9. The predicted octanol–water partition coefficient (Wildman–Crippen LogP) is 4.29. The van der Waals surface area contributed by atoms with E-state index in [4.69, 9.17) is 0 Å². The van der Waals surface area contributed by atoms with Crippen LogP contribution >= 0.6 is 0 Å². The minimum atomic E-state index is 0.0810. The number of Topliss-reactive ketones (excluding diaryl/α,β-unsaturated/α-hetero) is 1. The molecule has 1 nitrogen and oxygen atoms in total. The van der Waals surface area contributed by atoms with Gasteiger partial charge >= 0.3 is 0 Å². The number of ketones is 1. The van der Waals surface area contributed by atoms with Gasteiger partial charge in [-0.1, -0.05) is 31.1 Å². The number of hydrogen-bond donors (Lipinski definition) is 0. The van der Waals surface area contributed by atoms with Gasteiger partial charge in [0.2, 0.25) is 0 Å². The molecule has 0 aliphatic heterocycles. The van der Waals surface area contributed by atoms with Gasteiger partial charge in [-0.15, -0.1) is 0 Å². The Morgan fingerprint density at radius 1 is 1.38 bits per heavy atom. The first-order chi connectivity index (χ1) is 7.31.